The smallest absolute Gasteiger partial charge is 0.810 e. The van der Waals surface area contributed by atoms with Crippen molar-refractivity contribution in [1.29, 1.82) is 5.26 Å². The zero-order valence-electron chi connectivity index (χ0n) is 36.3. The molecule has 0 unspecified atom stereocenters. The van der Waals surface area contributed by atoms with E-state index < -0.39 is 17.8 Å². The second kappa shape index (κ2) is 26.9. The van der Waals surface area contributed by atoms with E-state index in [1.807, 2.05) is 68.9 Å². The van der Waals surface area contributed by atoms with Crippen LogP contribution in [0.5, 0.6) is 0 Å². The van der Waals surface area contributed by atoms with Gasteiger partial charge in [0.2, 0.25) is 0 Å². The Hall–Kier alpha value is 0.219. The van der Waals surface area contributed by atoms with E-state index in [-0.39, 0.29) is 64.8 Å². The SMILES string of the molecule is CC(C)(C)C#N.CC(C)(C)C(=[N-])C(C)(C)C.CO[Si](C)(OC)OC.CO[Si](N=C(C(C)(C)C)C(C)(C)C)(OC)OC.C[C-](C)C.[Li+].[Li+]. The second-order valence-electron chi connectivity index (χ2n) is 16.3. The van der Waals surface area contributed by atoms with Crippen LogP contribution in [0.3, 0.4) is 0 Å². The predicted octanol–water partition coefficient (Wildman–Crippen LogP) is 3.66. The Morgan fingerprint density at radius 2 is 0.787 bits per heavy atom. The normalized spacial score (nSPS) is 11.9. The van der Waals surface area contributed by atoms with Crippen molar-refractivity contribution in [3.05, 3.63) is 11.3 Å². The van der Waals surface area contributed by atoms with Gasteiger partial charge in [-0.1, -0.05) is 83.1 Å². The maximum atomic E-state index is 9.64. The monoisotopic (exact) mass is 692 g/mol. The molecule has 0 aromatic carbocycles. The molecule has 0 aromatic heterocycles. The van der Waals surface area contributed by atoms with Gasteiger partial charge in [-0.25, -0.2) is 4.66 Å². The van der Waals surface area contributed by atoms with Gasteiger partial charge in [0.25, 0.3) is 0 Å². The fraction of sp³-hybridized carbons (Fsp3) is 0.882. The number of hydrogen-bond donors (Lipinski definition) is 0. The van der Waals surface area contributed by atoms with Crippen molar-refractivity contribution in [2.75, 3.05) is 42.7 Å². The third kappa shape index (κ3) is 35.8. The summed E-state index contributed by atoms with van der Waals surface area (Å²) < 4.78 is 35.6. The molecule has 0 radical (unpaired) electrons. The predicted molar refractivity (Wildman–Crippen MR) is 198 cm³/mol. The van der Waals surface area contributed by atoms with E-state index in [9.17, 15) is 5.41 Å². The molecule has 0 rings (SSSR count). The van der Waals surface area contributed by atoms with E-state index in [4.69, 9.17) is 36.5 Å². The van der Waals surface area contributed by atoms with E-state index in [0.29, 0.717) is 5.71 Å². The summed E-state index contributed by atoms with van der Waals surface area (Å²) in [4.78, 5) is 0. The molecule has 0 heterocycles. The Bertz CT molecular complexity index is 805. The zero-order valence-corrected chi connectivity index (χ0v) is 38.3. The van der Waals surface area contributed by atoms with Crippen LogP contribution >= 0.6 is 0 Å². The molecule has 47 heavy (non-hydrogen) atoms. The Kier molecular flexibility index (Phi) is 35.8. The number of rotatable bonds is 7. The molecule has 0 saturated carbocycles. The van der Waals surface area contributed by atoms with Crippen molar-refractivity contribution >= 4 is 29.2 Å². The maximum Gasteiger partial charge on any atom is 1.00 e. The Labute approximate surface area is 320 Å². The van der Waals surface area contributed by atoms with Gasteiger partial charge in [-0.05, 0) is 42.4 Å². The topological polar surface area (TPSA) is 114 Å². The van der Waals surface area contributed by atoms with Gasteiger partial charge in [-0.2, -0.15) is 31.7 Å². The summed E-state index contributed by atoms with van der Waals surface area (Å²) in [5, 5.41) is 17.8. The molecular weight excluding hydrogens is 616 g/mol. The van der Waals surface area contributed by atoms with Crippen molar-refractivity contribution in [2.45, 2.75) is 131 Å². The summed E-state index contributed by atoms with van der Waals surface area (Å²) in [7, 11) is 4.39. The summed E-state index contributed by atoms with van der Waals surface area (Å²) in [5.41, 5.74) is 1.19. The van der Waals surface area contributed by atoms with Crippen molar-refractivity contribution in [1.82, 2.24) is 0 Å². The standard InChI is InChI=1S/C12H27NO3Si.C9H18N.C5H9N.C4H12O3Si.C4H9.2Li/c1-11(2,3)10(12(4,5)6)13-17(14-7,15-8)16-9;1-8(2,3)7(10)9(4,5)6;1-5(2,3)4-6;1-5-8(4,6-2)7-3;1-4(2)3;;/h1-9H3;1-6H3;1-3H3;1-4H3;1-3H3;;/q;-1;;;-1;2*+1. The molecule has 0 amide bonds. The fourth-order valence-electron chi connectivity index (χ4n) is 3.36. The average Bonchev–Trinajstić information content (AvgIpc) is 2.87. The van der Waals surface area contributed by atoms with Gasteiger partial charge in [0.1, 0.15) is 0 Å². The van der Waals surface area contributed by atoms with E-state index in [1.165, 1.54) is 5.92 Å². The van der Waals surface area contributed by atoms with E-state index in [0.717, 1.165) is 5.71 Å². The molecule has 0 aliphatic heterocycles. The van der Waals surface area contributed by atoms with E-state index in [2.05, 4.69) is 68.4 Å². The molecule has 9 nitrogen and oxygen atoms in total. The first kappa shape index (κ1) is 62.4. The molecule has 0 saturated heterocycles. The molecule has 0 aliphatic rings. The van der Waals surface area contributed by atoms with Crippen molar-refractivity contribution < 1.29 is 64.3 Å². The van der Waals surface area contributed by atoms with Gasteiger partial charge in [-0.15, -0.1) is 0 Å². The third-order valence-electron chi connectivity index (χ3n) is 5.31. The second-order valence-corrected chi connectivity index (χ2v) is 21.7. The Morgan fingerprint density at radius 1 is 0.574 bits per heavy atom. The van der Waals surface area contributed by atoms with Crippen LogP contribution in [0.1, 0.15) is 125 Å². The minimum absolute atomic E-state index is 0. The van der Waals surface area contributed by atoms with Gasteiger partial charge in [0.05, 0.1) is 6.07 Å². The largest absolute Gasteiger partial charge is 1.00 e. The summed E-state index contributed by atoms with van der Waals surface area (Å²) in [6.45, 7) is 38.7. The fourth-order valence-corrected chi connectivity index (χ4v) is 5.58. The van der Waals surface area contributed by atoms with E-state index in [1.54, 1.807) is 42.7 Å². The third-order valence-corrected chi connectivity index (χ3v) is 9.58. The molecule has 0 atom stereocenters. The van der Waals surface area contributed by atoms with Crippen LogP contribution in [0.15, 0.2) is 4.66 Å². The Balaban J connectivity index is -0.0000000918. The maximum absolute atomic E-state index is 9.64. The first-order valence-electron chi connectivity index (χ1n) is 15.3. The summed E-state index contributed by atoms with van der Waals surface area (Å²) >= 11 is 0. The molecule has 0 aliphatic carbocycles. The molecule has 0 aromatic rings. The molecule has 0 N–H and O–H groups in total. The van der Waals surface area contributed by atoms with Crippen molar-refractivity contribution in [3.8, 4) is 6.07 Å². The van der Waals surface area contributed by atoms with Crippen molar-refractivity contribution in [3.63, 3.8) is 0 Å². The van der Waals surface area contributed by atoms with Gasteiger partial charge in [-0.3, -0.25) is 0 Å². The van der Waals surface area contributed by atoms with Crippen LogP contribution in [-0.4, -0.2) is 71.9 Å². The van der Waals surface area contributed by atoms with Crippen LogP contribution in [0.2, 0.25) is 6.55 Å². The molecule has 0 spiro atoms. The first-order chi connectivity index (χ1) is 19.7. The van der Waals surface area contributed by atoms with Crippen LogP contribution < -0.4 is 37.7 Å². The summed E-state index contributed by atoms with van der Waals surface area (Å²) in [5.74, 6) is 1.42. The molecule has 0 fully saturated rings. The molecule has 13 heteroatoms. The molecule has 272 valence electrons. The van der Waals surface area contributed by atoms with E-state index >= 15 is 0 Å². The number of nitrogens with zero attached hydrogens (tertiary/aromatic N) is 3. The quantitative estimate of drug-likeness (QED) is 0.228. The molecular formula is C34H75Li2N3O6Si2. The van der Waals surface area contributed by atoms with Crippen LogP contribution in [0, 0.1) is 44.3 Å². The Morgan fingerprint density at radius 3 is 0.851 bits per heavy atom. The van der Waals surface area contributed by atoms with Gasteiger partial charge < -0.3 is 37.9 Å². The van der Waals surface area contributed by atoms with Crippen LogP contribution in [-0.2, 0) is 26.6 Å². The van der Waals surface area contributed by atoms with Gasteiger partial charge in [0, 0.05) is 60.3 Å². The summed E-state index contributed by atoms with van der Waals surface area (Å²) in [6.07, 6.45) is 0. The van der Waals surface area contributed by atoms with Gasteiger partial charge >= 0.3 is 55.5 Å². The van der Waals surface area contributed by atoms with Crippen molar-refractivity contribution in [2.24, 2.45) is 31.7 Å². The minimum Gasteiger partial charge on any atom is -0.810 e. The average molecular weight is 692 g/mol. The van der Waals surface area contributed by atoms with Crippen LogP contribution in [0.25, 0.3) is 5.41 Å². The van der Waals surface area contributed by atoms with Gasteiger partial charge in [0.15, 0.2) is 0 Å². The first-order valence-corrected chi connectivity index (χ1v) is 19.2. The zero-order chi connectivity index (χ0) is 37.9. The number of nitriles is 1. The number of hydrogen-bond acceptors (Lipinski definition) is 8. The van der Waals surface area contributed by atoms with Crippen LogP contribution in [0.4, 0.5) is 0 Å². The summed E-state index contributed by atoms with van der Waals surface area (Å²) in [6, 6.07) is 2.10. The minimum atomic E-state index is -2.91. The molecule has 0 bridgehead atoms.